The molecular weight excluding hydrogens is 174 g/mol. The maximum Gasteiger partial charge on any atom is 0.254 e. The Morgan fingerprint density at radius 2 is 1.86 bits per heavy atom. The largest absolute Gasteiger partial charge is 0.339 e. The Morgan fingerprint density at radius 1 is 1.29 bits per heavy atom. The molecule has 1 rings (SSSR count). The van der Waals surface area contributed by atoms with Crippen LogP contribution in [0.15, 0.2) is 24.3 Å². The van der Waals surface area contributed by atoms with Crippen LogP contribution in [0.3, 0.4) is 0 Å². The van der Waals surface area contributed by atoms with Crippen molar-refractivity contribution in [2.45, 2.75) is 26.8 Å². The van der Waals surface area contributed by atoms with Gasteiger partial charge in [0, 0.05) is 18.7 Å². The number of hydrogen-bond donors (Lipinski definition) is 0. The first-order valence-corrected chi connectivity index (χ1v) is 4.87. The molecule has 0 aliphatic heterocycles. The lowest BCUT2D eigenvalue weighted by Crippen LogP contribution is -2.33. The summed E-state index contributed by atoms with van der Waals surface area (Å²) in [6.45, 7) is 5.98. The van der Waals surface area contributed by atoms with Gasteiger partial charge in [0.05, 0.1) is 0 Å². The zero-order chi connectivity index (χ0) is 10.7. The number of rotatable bonds is 2. The van der Waals surface area contributed by atoms with Crippen LogP contribution in [0.5, 0.6) is 0 Å². The number of aryl methyl sites for hydroxylation is 1. The van der Waals surface area contributed by atoms with E-state index in [0.29, 0.717) is 0 Å². The van der Waals surface area contributed by atoms with Gasteiger partial charge in [0.2, 0.25) is 0 Å². The van der Waals surface area contributed by atoms with Crippen LogP contribution in [0.1, 0.15) is 29.8 Å². The van der Waals surface area contributed by atoms with Crippen molar-refractivity contribution in [2.24, 2.45) is 0 Å². The summed E-state index contributed by atoms with van der Waals surface area (Å²) in [6.07, 6.45) is 0. The summed E-state index contributed by atoms with van der Waals surface area (Å²) in [4.78, 5) is 13.7. The molecule has 1 aromatic rings. The molecule has 1 aromatic carbocycles. The lowest BCUT2D eigenvalue weighted by atomic mass is 10.1. The standard InChI is InChI=1S/C12H17NO/c1-9(2)13(4)12(14)11-8-6-5-7-10(11)3/h5-9H,1-4H3. The van der Waals surface area contributed by atoms with Crippen molar-refractivity contribution in [3.8, 4) is 0 Å². The highest BCUT2D eigenvalue weighted by Gasteiger charge is 2.15. The summed E-state index contributed by atoms with van der Waals surface area (Å²) in [5.74, 6) is 0.0955. The van der Waals surface area contributed by atoms with Gasteiger partial charge >= 0.3 is 0 Å². The molecule has 0 aliphatic rings. The van der Waals surface area contributed by atoms with Gasteiger partial charge in [-0.25, -0.2) is 0 Å². The molecule has 0 saturated carbocycles. The van der Waals surface area contributed by atoms with Crippen LogP contribution < -0.4 is 0 Å². The van der Waals surface area contributed by atoms with E-state index >= 15 is 0 Å². The maximum absolute atomic E-state index is 11.9. The average Bonchev–Trinajstić information content (AvgIpc) is 2.16. The molecule has 0 bridgehead atoms. The van der Waals surface area contributed by atoms with Gasteiger partial charge in [-0.2, -0.15) is 0 Å². The molecule has 0 heterocycles. The van der Waals surface area contributed by atoms with Crippen molar-refractivity contribution < 1.29 is 4.79 Å². The Labute approximate surface area is 85.5 Å². The summed E-state index contributed by atoms with van der Waals surface area (Å²) in [5.41, 5.74) is 1.83. The van der Waals surface area contributed by atoms with Crippen LogP contribution in [-0.4, -0.2) is 23.9 Å². The molecule has 0 aromatic heterocycles. The first-order chi connectivity index (χ1) is 6.54. The molecule has 14 heavy (non-hydrogen) atoms. The van der Waals surface area contributed by atoms with E-state index in [9.17, 15) is 4.79 Å². The van der Waals surface area contributed by atoms with Crippen molar-refractivity contribution in [2.75, 3.05) is 7.05 Å². The average molecular weight is 191 g/mol. The Bertz CT molecular complexity index is 331. The first kappa shape index (κ1) is 10.8. The fraction of sp³-hybridized carbons (Fsp3) is 0.417. The second-order valence-electron chi connectivity index (χ2n) is 3.82. The van der Waals surface area contributed by atoms with E-state index in [1.165, 1.54) is 0 Å². The van der Waals surface area contributed by atoms with E-state index in [0.717, 1.165) is 11.1 Å². The normalized spacial score (nSPS) is 10.4. The molecular formula is C12H17NO. The molecule has 0 saturated heterocycles. The number of amides is 1. The van der Waals surface area contributed by atoms with E-state index in [2.05, 4.69) is 0 Å². The molecule has 1 amide bonds. The second kappa shape index (κ2) is 4.27. The number of nitrogens with zero attached hydrogens (tertiary/aromatic N) is 1. The molecule has 0 spiro atoms. The predicted molar refractivity (Wildman–Crippen MR) is 58.4 cm³/mol. The zero-order valence-electron chi connectivity index (χ0n) is 9.24. The Hall–Kier alpha value is -1.31. The maximum atomic E-state index is 11.9. The third-order valence-electron chi connectivity index (χ3n) is 2.47. The number of carbonyl (C=O) groups excluding carboxylic acids is 1. The Morgan fingerprint density at radius 3 is 2.36 bits per heavy atom. The van der Waals surface area contributed by atoms with Gasteiger partial charge in [0.1, 0.15) is 0 Å². The molecule has 0 unspecified atom stereocenters. The highest BCUT2D eigenvalue weighted by Crippen LogP contribution is 2.10. The third-order valence-corrected chi connectivity index (χ3v) is 2.47. The quantitative estimate of drug-likeness (QED) is 0.703. The van der Waals surface area contributed by atoms with Gasteiger partial charge in [0.25, 0.3) is 5.91 Å². The van der Waals surface area contributed by atoms with E-state index in [1.54, 1.807) is 4.90 Å². The fourth-order valence-electron chi connectivity index (χ4n) is 1.24. The molecule has 0 radical (unpaired) electrons. The Balaban J connectivity index is 2.95. The van der Waals surface area contributed by atoms with Crippen LogP contribution >= 0.6 is 0 Å². The van der Waals surface area contributed by atoms with Gasteiger partial charge in [-0.15, -0.1) is 0 Å². The zero-order valence-corrected chi connectivity index (χ0v) is 9.24. The minimum atomic E-state index is 0.0955. The van der Waals surface area contributed by atoms with Crippen LogP contribution in [-0.2, 0) is 0 Å². The summed E-state index contributed by atoms with van der Waals surface area (Å²) < 4.78 is 0. The van der Waals surface area contributed by atoms with Gasteiger partial charge < -0.3 is 4.90 Å². The Kier molecular flexibility index (Phi) is 3.28. The van der Waals surface area contributed by atoms with Gasteiger partial charge in [-0.3, -0.25) is 4.79 Å². The van der Waals surface area contributed by atoms with Crippen molar-refractivity contribution in [3.63, 3.8) is 0 Å². The van der Waals surface area contributed by atoms with Crippen LogP contribution in [0, 0.1) is 6.92 Å². The topological polar surface area (TPSA) is 20.3 Å². The molecule has 0 aliphatic carbocycles. The highest BCUT2D eigenvalue weighted by molar-refractivity contribution is 5.95. The minimum Gasteiger partial charge on any atom is -0.339 e. The van der Waals surface area contributed by atoms with Crippen molar-refractivity contribution >= 4 is 5.91 Å². The van der Waals surface area contributed by atoms with Gasteiger partial charge in [-0.05, 0) is 32.4 Å². The van der Waals surface area contributed by atoms with E-state index in [1.807, 2.05) is 52.1 Å². The van der Waals surface area contributed by atoms with Gasteiger partial charge in [0.15, 0.2) is 0 Å². The molecule has 0 N–H and O–H groups in total. The summed E-state index contributed by atoms with van der Waals surface area (Å²) >= 11 is 0. The lowest BCUT2D eigenvalue weighted by molar-refractivity contribution is 0.0754. The van der Waals surface area contributed by atoms with E-state index in [-0.39, 0.29) is 11.9 Å². The lowest BCUT2D eigenvalue weighted by Gasteiger charge is -2.22. The number of hydrogen-bond acceptors (Lipinski definition) is 1. The molecule has 2 nitrogen and oxygen atoms in total. The predicted octanol–water partition coefficient (Wildman–Crippen LogP) is 2.48. The first-order valence-electron chi connectivity index (χ1n) is 4.87. The van der Waals surface area contributed by atoms with Gasteiger partial charge in [-0.1, -0.05) is 18.2 Å². The molecule has 76 valence electrons. The smallest absolute Gasteiger partial charge is 0.254 e. The number of benzene rings is 1. The van der Waals surface area contributed by atoms with Crippen LogP contribution in [0.2, 0.25) is 0 Å². The summed E-state index contributed by atoms with van der Waals surface area (Å²) in [7, 11) is 1.83. The summed E-state index contributed by atoms with van der Waals surface area (Å²) in [6, 6.07) is 7.91. The van der Waals surface area contributed by atoms with Crippen molar-refractivity contribution in [1.29, 1.82) is 0 Å². The van der Waals surface area contributed by atoms with Crippen molar-refractivity contribution in [1.82, 2.24) is 4.90 Å². The molecule has 0 fully saturated rings. The van der Waals surface area contributed by atoms with E-state index in [4.69, 9.17) is 0 Å². The monoisotopic (exact) mass is 191 g/mol. The van der Waals surface area contributed by atoms with Crippen LogP contribution in [0.25, 0.3) is 0 Å². The molecule has 2 heteroatoms. The fourth-order valence-corrected chi connectivity index (χ4v) is 1.24. The SMILES string of the molecule is Cc1ccccc1C(=O)N(C)C(C)C. The summed E-state index contributed by atoms with van der Waals surface area (Å²) in [5, 5.41) is 0. The van der Waals surface area contributed by atoms with Crippen molar-refractivity contribution in [3.05, 3.63) is 35.4 Å². The third kappa shape index (κ3) is 2.13. The van der Waals surface area contributed by atoms with Crippen LogP contribution in [0.4, 0.5) is 0 Å². The molecule has 0 atom stereocenters. The van der Waals surface area contributed by atoms with E-state index < -0.39 is 0 Å². The minimum absolute atomic E-state index is 0.0955. The number of carbonyl (C=O) groups is 1. The highest BCUT2D eigenvalue weighted by atomic mass is 16.2. The second-order valence-corrected chi connectivity index (χ2v) is 3.82.